The Balaban J connectivity index is 3.50. The Morgan fingerprint density at radius 1 is 1.43 bits per heavy atom. The lowest BCUT2D eigenvalue weighted by atomic mass is 10.1. The Labute approximate surface area is 78.6 Å². The third-order valence-electron chi connectivity index (χ3n) is 1.51. The molecule has 0 spiro atoms. The summed E-state index contributed by atoms with van der Waals surface area (Å²) >= 11 is 0. The molecule has 0 fully saturated rings. The van der Waals surface area contributed by atoms with Crippen LogP contribution in [0.3, 0.4) is 0 Å². The van der Waals surface area contributed by atoms with Crippen LogP contribution in [0.2, 0.25) is 0 Å². The van der Waals surface area contributed by atoms with Crippen molar-refractivity contribution in [1.82, 2.24) is 0 Å². The second-order valence-electron chi connectivity index (χ2n) is 2.27. The first-order valence-corrected chi connectivity index (χ1v) is 3.46. The van der Waals surface area contributed by atoms with E-state index in [2.05, 4.69) is 5.01 Å². The Kier molecular flexibility index (Phi) is 2.63. The van der Waals surface area contributed by atoms with E-state index in [1.54, 1.807) is 6.07 Å². The van der Waals surface area contributed by atoms with E-state index in [9.17, 15) is 15.3 Å². The first-order valence-electron chi connectivity index (χ1n) is 3.46. The SMILES string of the molecule is N#Cc1cccc(C#[N+][O-])c1[N+](=O)[O-]. The van der Waals surface area contributed by atoms with Crippen molar-refractivity contribution in [2.24, 2.45) is 0 Å². The predicted octanol–water partition coefficient (Wildman–Crippen LogP) is 1.65. The van der Waals surface area contributed by atoms with Crippen LogP contribution in [-0.2, 0) is 0 Å². The molecule has 0 radical (unpaired) electrons. The monoisotopic (exact) mass is 189 g/mol. The fourth-order valence-electron chi connectivity index (χ4n) is 0.970. The summed E-state index contributed by atoms with van der Waals surface area (Å²) < 4.78 is 0. The van der Waals surface area contributed by atoms with Gasteiger partial charge in [-0.3, -0.25) is 10.1 Å². The Hall–Kier alpha value is -2.60. The number of hydrogen-bond acceptors (Lipinski definition) is 4. The van der Waals surface area contributed by atoms with Gasteiger partial charge in [-0.05, 0) is 12.1 Å². The summed E-state index contributed by atoms with van der Waals surface area (Å²) in [6.07, 6.45) is 0. The molecular weight excluding hydrogens is 186 g/mol. The summed E-state index contributed by atoms with van der Waals surface area (Å²) in [5.74, 6) is 0. The standard InChI is InChI=1S/C8H3N3O3/c9-4-6-2-1-3-7(5-10-12)8(6)11(13)14/h1-3H. The number of para-hydroxylation sites is 1. The number of nitrogens with zero attached hydrogens (tertiary/aromatic N) is 3. The lowest BCUT2D eigenvalue weighted by molar-refractivity contribution is -0.385. The summed E-state index contributed by atoms with van der Waals surface area (Å²) in [6.45, 7) is 0. The highest BCUT2D eigenvalue weighted by Gasteiger charge is 2.21. The van der Waals surface area contributed by atoms with Gasteiger partial charge >= 0.3 is 11.8 Å². The number of nitriles is 1. The first-order chi connectivity index (χ1) is 6.70. The Morgan fingerprint density at radius 2 is 2.07 bits per heavy atom. The number of benzene rings is 1. The quantitative estimate of drug-likeness (QED) is 0.495. The van der Waals surface area contributed by atoms with E-state index < -0.39 is 10.6 Å². The number of nitro groups is 1. The van der Waals surface area contributed by atoms with Gasteiger partial charge in [0.25, 0.3) is 0 Å². The van der Waals surface area contributed by atoms with E-state index in [0.29, 0.717) is 0 Å². The average molecular weight is 189 g/mol. The molecule has 68 valence electrons. The van der Waals surface area contributed by atoms with E-state index in [1.165, 1.54) is 18.2 Å². The molecule has 0 unspecified atom stereocenters. The molecule has 0 N–H and O–H groups in total. The second-order valence-corrected chi connectivity index (χ2v) is 2.27. The van der Waals surface area contributed by atoms with Gasteiger partial charge < -0.3 is 5.21 Å². The van der Waals surface area contributed by atoms with Gasteiger partial charge in [0.05, 0.1) is 4.92 Å². The Morgan fingerprint density at radius 3 is 2.57 bits per heavy atom. The minimum atomic E-state index is -0.744. The minimum Gasteiger partial charge on any atom is -0.498 e. The van der Waals surface area contributed by atoms with Gasteiger partial charge in [0.15, 0.2) is 5.56 Å². The minimum absolute atomic E-state index is 0.0935. The predicted molar refractivity (Wildman–Crippen MR) is 47.5 cm³/mol. The molecule has 0 heterocycles. The fraction of sp³-hybridized carbons (Fsp3) is 0. The molecule has 0 aliphatic heterocycles. The van der Waals surface area contributed by atoms with Gasteiger partial charge in [-0.2, -0.15) is 5.26 Å². The number of hydrogen-bond donors (Lipinski definition) is 0. The van der Waals surface area contributed by atoms with E-state index in [4.69, 9.17) is 5.26 Å². The molecule has 6 nitrogen and oxygen atoms in total. The number of nitro benzene ring substituents is 1. The maximum Gasteiger partial charge on any atom is 0.343 e. The molecule has 0 amide bonds. The zero-order valence-corrected chi connectivity index (χ0v) is 6.80. The molecule has 1 rings (SSSR count). The van der Waals surface area contributed by atoms with Gasteiger partial charge in [0.2, 0.25) is 0 Å². The highest BCUT2D eigenvalue weighted by Crippen LogP contribution is 2.22. The summed E-state index contributed by atoms with van der Waals surface area (Å²) in [6, 6.07) is 7.55. The third kappa shape index (κ3) is 1.59. The topological polar surface area (TPSA) is 94.3 Å². The summed E-state index contributed by atoms with van der Waals surface area (Å²) in [7, 11) is 0. The van der Waals surface area contributed by atoms with Crippen LogP contribution in [0.1, 0.15) is 11.1 Å². The molecule has 0 aliphatic carbocycles. The van der Waals surface area contributed by atoms with Gasteiger partial charge in [-0.15, -0.1) is 0 Å². The summed E-state index contributed by atoms with van der Waals surface area (Å²) in [5.41, 5.74) is -0.665. The van der Waals surface area contributed by atoms with E-state index >= 15 is 0 Å². The fourth-order valence-corrected chi connectivity index (χ4v) is 0.970. The van der Waals surface area contributed by atoms with Gasteiger partial charge in [0.1, 0.15) is 11.6 Å². The van der Waals surface area contributed by atoms with Crippen molar-refractivity contribution >= 4 is 5.69 Å². The maximum absolute atomic E-state index is 10.5. The van der Waals surface area contributed by atoms with Crippen molar-refractivity contribution in [3.63, 3.8) is 0 Å². The van der Waals surface area contributed by atoms with Crippen molar-refractivity contribution in [2.75, 3.05) is 0 Å². The van der Waals surface area contributed by atoms with Crippen LogP contribution in [0.15, 0.2) is 18.2 Å². The normalized spacial score (nSPS) is 8.21. The van der Waals surface area contributed by atoms with E-state index in [0.717, 1.165) is 0 Å². The smallest absolute Gasteiger partial charge is 0.343 e. The zero-order valence-electron chi connectivity index (χ0n) is 6.80. The van der Waals surface area contributed by atoms with Crippen molar-refractivity contribution in [2.45, 2.75) is 0 Å². The molecule has 6 heteroatoms. The van der Waals surface area contributed by atoms with Crippen LogP contribution in [0.4, 0.5) is 5.69 Å². The molecule has 14 heavy (non-hydrogen) atoms. The Bertz CT molecular complexity index is 479. The van der Waals surface area contributed by atoms with Crippen LogP contribution in [0.25, 0.3) is 5.01 Å². The highest BCUT2D eigenvalue weighted by atomic mass is 16.6. The van der Waals surface area contributed by atoms with Gasteiger partial charge in [0, 0.05) is 5.01 Å². The molecule has 0 aromatic heterocycles. The van der Waals surface area contributed by atoms with Crippen LogP contribution in [0, 0.1) is 32.7 Å². The molecule has 0 saturated heterocycles. The van der Waals surface area contributed by atoms with Crippen LogP contribution in [-0.4, -0.2) is 4.92 Å². The molecule has 0 atom stereocenters. The van der Waals surface area contributed by atoms with Crippen LogP contribution in [0.5, 0.6) is 0 Å². The molecule has 1 aromatic rings. The van der Waals surface area contributed by atoms with Crippen LogP contribution < -0.4 is 0 Å². The average Bonchev–Trinajstić information content (AvgIpc) is 2.17. The van der Waals surface area contributed by atoms with Crippen molar-refractivity contribution in [3.05, 3.63) is 49.7 Å². The van der Waals surface area contributed by atoms with Crippen molar-refractivity contribution in [3.8, 4) is 12.1 Å². The molecular formula is C8H3N3O3. The highest BCUT2D eigenvalue weighted by molar-refractivity contribution is 5.59. The van der Waals surface area contributed by atoms with Crippen molar-refractivity contribution < 1.29 is 4.92 Å². The molecule has 0 bridgehead atoms. The first kappa shape index (κ1) is 9.49. The molecule has 0 saturated carbocycles. The zero-order chi connectivity index (χ0) is 10.6. The lowest BCUT2D eigenvalue weighted by Gasteiger charge is -1.93. The molecule has 0 aliphatic rings. The van der Waals surface area contributed by atoms with E-state index in [1.807, 2.05) is 6.07 Å². The second kappa shape index (κ2) is 3.87. The summed E-state index contributed by atoms with van der Waals surface area (Å²) in [5, 5.41) is 31.3. The van der Waals surface area contributed by atoms with Crippen molar-refractivity contribution in [1.29, 1.82) is 5.26 Å². The largest absolute Gasteiger partial charge is 0.498 e. The lowest BCUT2D eigenvalue weighted by Crippen LogP contribution is -1.95. The van der Waals surface area contributed by atoms with Gasteiger partial charge in [-0.25, -0.2) is 0 Å². The third-order valence-corrected chi connectivity index (χ3v) is 1.51. The number of rotatable bonds is 1. The van der Waals surface area contributed by atoms with Crippen LogP contribution >= 0.6 is 0 Å². The molecule has 1 aromatic carbocycles. The van der Waals surface area contributed by atoms with Gasteiger partial charge in [-0.1, -0.05) is 6.07 Å². The maximum atomic E-state index is 10.5. The van der Waals surface area contributed by atoms with E-state index in [-0.39, 0.29) is 11.1 Å². The summed E-state index contributed by atoms with van der Waals surface area (Å²) in [4.78, 5) is 9.80.